The van der Waals surface area contributed by atoms with Crippen molar-refractivity contribution < 1.29 is 27.1 Å². The molecule has 32 heavy (non-hydrogen) atoms. The van der Waals surface area contributed by atoms with Crippen molar-refractivity contribution in [2.75, 3.05) is 32.6 Å². The fraction of sp³-hybridized carbons (Fsp3) is 0.333. The van der Waals surface area contributed by atoms with Crippen molar-refractivity contribution in [2.24, 2.45) is 5.92 Å². The number of carbonyl (C=O) groups is 1. The summed E-state index contributed by atoms with van der Waals surface area (Å²) >= 11 is 0. The third kappa shape index (κ3) is 4.21. The molecule has 1 aliphatic rings. The Kier molecular flexibility index (Phi) is 5.94. The maximum Gasteiger partial charge on any atom is 0.417 e. The van der Waals surface area contributed by atoms with Gasteiger partial charge in [-0.05, 0) is 37.1 Å². The largest absolute Gasteiger partial charge is 0.493 e. The van der Waals surface area contributed by atoms with Gasteiger partial charge in [0.05, 0.1) is 30.5 Å². The molecule has 2 heterocycles. The Bertz CT molecular complexity index is 1310. The molecule has 2 aromatic carbocycles. The number of benzene rings is 2. The van der Waals surface area contributed by atoms with Crippen LogP contribution in [0.1, 0.15) is 12.8 Å². The highest BCUT2D eigenvalue weighted by Crippen LogP contribution is 2.31. The van der Waals surface area contributed by atoms with E-state index in [9.17, 15) is 18.0 Å². The second kappa shape index (κ2) is 8.67. The molecule has 170 valence electrons. The number of hydrogen-bond donors (Lipinski definition) is 2. The van der Waals surface area contributed by atoms with Gasteiger partial charge < -0.3 is 19.2 Å². The minimum atomic E-state index is -3.86. The topological polar surface area (TPSA) is 131 Å². The molecule has 3 aromatic rings. The lowest BCUT2D eigenvalue weighted by molar-refractivity contribution is -0.120. The summed E-state index contributed by atoms with van der Waals surface area (Å²) in [5.74, 6) is -0.426. The normalized spacial score (nSPS) is 17.2. The van der Waals surface area contributed by atoms with E-state index in [-0.39, 0.29) is 22.9 Å². The van der Waals surface area contributed by atoms with Gasteiger partial charge in [0.15, 0.2) is 17.1 Å². The number of nitrogens with one attached hydrogen (secondary N) is 2. The molecule has 0 radical (unpaired) electrons. The second-order valence-corrected chi connectivity index (χ2v) is 9.37. The van der Waals surface area contributed by atoms with Gasteiger partial charge in [0.1, 0.15) is 0 Å². The molecule has 0 saturated carbocycles. The molecular formula is C21H23N3O7S. The van der Waals surface area contributed by atoms with Crippen LogP contribution in [0.2, 0.25) is 0 Å². The number of aromatic amines is 1. The molecule has 4 rings (SSSR count). The Labute approximate surface area is 184 Å². The first kappa shape index (κ1) is 21.9. The van der Waals surface area contributed by atoms with Crippen LogP contribution in [0.4, 0.5) is 5.69 Å². The first-order valence-corrected chi connectivity index (χ1v) is 11.4. The number of rotatable bonds is 6. The number of ether oxygens (including phenoxy) is 2. The molecule has 0 spiro atoms. The van der Waals surface area contributed by atoms with Crippen LogP contribution in [-0.2, 0) is 14.8 Å². The summed E-state index contributed by atoms with van der Waals surface area (Å²) in [6.07, 6.45) is 1.11. The highest BCUT2D eigenvalue weighted by molar-refractivity contribution is 7.89. The Morgan fingerprint density at radius 2 is 1.94 bits per heavy atom. The number of fused-ring (bicyclic) bond motifs is 1. The Morgan fingerprint density at radius 1 is 1.16 bits per heavy atom. The van der Waals surface area contributed by atoms with Gasteiger partial charge in [-0.15, -0.1) is 0 Å². The summed E-state index contributed by atoms with van der Waals surface area (Å²) in [6.45, 7) is 0.355. The quantitative estimate of drug-likeness (QED) is 0.575. The summed E-state index contributed by atoms with van der Waals surface area (Å²) in [5, 5.41) is 2.83. The minimum absolute atomic E-state index is 0.00805. The van der Waals surface area contributed by atoms with E-state index in [0.717, 1.165) is 0 Å². The average molecular weight is 461 g/mol. The maximum absolute atomic E-state index is 13.2. The molecule has 1 aliphatic heterocycles. The van der Waals surface area contributed by atoms with Crippen LogP contribution in [0.3, 0.4) is 0 Å². The predicted octanol–water partition coefficient (Wildman–Crippen LogP) is 2.18. The number of hydrogen-bond acceptors (Lipinski definition) is 7. The zero-order valence-electron chi connectivity index (χ0n) is 17.6. The van der Waals surface area contributed by atoms with Crippen LogP contribution >= 0.6 is 0 Å². The average Bonchev–Trinajstić information content (AvgIpc) is 3.18. The van der Waals surface area contributed by atoms with Gasteiger partial charge in [-0.3, -0.25) is 9.78 Å². The van der Waals surface area contributed by atoms with E-state index in [1.54, 1.807) is 18.2 Å². The third-order valence-electron chi connectivity index (χ3n) is 5.44. The molecule has 0 aliphatic carbocycles. The number of carbonyl (C=O) groups excluding carboxylic acids is 1. The summed E-state index contributed by atoms with van der Waals surface area (Å²) in [7, 11) is -0.837. The zero-order valence-corrected chi connectivity index (χ0v) is 18.4. The van der Waals surface area contributed by atoms with Gasteiger partial charge in [-0.25, -0.2) is 13.2 Å². The summed E-state index contributed by atoms with van der Waals surface area (Å²) in [4.78, 5) is 26.7. The van der Waals surface area contributed by atoms with Crippen molar-refractivity contribution in [3.8, 4) is 11.5 Å². The standard InChI is InChI=1S/C21H23N3O7S/c1-29-17-8-5-14(10-19(17)30-2)22-20(25)13-4-3-9-24(12-13)32(27,28)15-6-7-16-18(11-15)31-21(26)23-16/h5-8,10-11,13H,3-4,9,12H2,1-2H3,(H,22,25)(H,23,26)/t13-/m1/s1. The number of aromatic nitrogens is 1. The summed E-state index contributed by atoms with van der Waals surface area (Å²) < 4.78 is 43.0. The molecule has 11 heteroatoms. The van der Waals surface area contributed by atoms with Crippen molar-refractivity contribution in [1.82, 2.24) is 9.29 Å². The monoisotopic (exact) mass is 461 g/mol. The van der Waals surface area contributed by atoms with E-state index >= 15 is 0 Å². The van der Waals surface area contributed by atoms with E-state index in [1.165, 1.54) is 36.7 Å². The number of nitrogens with zero attached hydrogens (tertiary/aromatic N) is 1. The lowest BCUT2D eigenvalue weighted by atomic mass is 9.98. The molecule has 0 bridgehead atoms. The smallest absolute Gasteiger partial charge is 0.417 e. The minimum Gasteiger partial charge on any atom is -0.493 e. The predicted molar refractivity (Wildman–Crippen MR) is 116 cm³/mol. The van der Waals surface area contributed by atoms with E-state index in [0.29, 0.717) is 42.1 Å². The SMILES string of the molecule is COc1ccc(NC(=O)[C@@H]2CCCN(S(=O)(=O)c3ccc4[nH]c(=O)oc4c3)C2)cc1OC. The molecule has 1 saturated heterocycles. The Morgan fingerprint density at radius 3 is 2.69 bits per heavy atom. The van der Waals surface area contributed by atoms with Crippen LogP contribution in [0.15, 0.2) is 50.5 Å². The zero-order chi connectivity index (χ0) is 22.9. The number of anilines is 1. The Balaban J connectivity index is 1.50. The molecule has 10 nitrogen and oxygen atoms in total. The highest BCUT2D eigenvalue weighted by Gasteiger charge is 2.33. The third-order valence-corrected chi connectivity index (χ3v) is 7.30. The van der Waals surface area contributed by atoms with E-state index in [1.807, 2.05) is 0 Å². The van der Waals surface area contributed by atoms with Crippen LogP contribution < -0.4 is 20.5 Å². The van der Waals surface area contributed by atoms with Crippen LogP contribution in [0.5, 0.6) is 11.5 Å². The first-order chi connectivity index (χ1) is 15.3. The van der Waals surface area contributed by atoms with Crippen molar-refractivity contribution in [3.05, 3.63) is 46.9 Å². The fourth-order valence-electron chi connectivity index (χ4n) is 3.77. The maximum atomic E-state index is 13.2. The van der Waals surface area contributed by atoms with Gasteiger partial charge in [0.2, 0.25) is 15.9 Å². The van der Waals surface area contributed by atoms with Gasteiger partial charge in [-0.1, -0.05) is 0 Å². The molecule has 1 aromatic heterocycles. The van der Waals surface area contributed by atoms with Crippen molar-refractivity contribution in [3.63, 3.8) is 0 Å². The first-order valence-electron chi connectivity index (χ1n) is 9.97. The summed E-state index contributed by atoms with van der Waals surface area (Å²) in [6, 6.07) is 9.23. The lowest BCUT2D eigenvalue weighted by Gasteiger charge is -2.31. The number of oxazole rings is 1. The fourth-order valence-corrected chi connectivity index (χ4v) is 5.31. The van der Waals surface area contributed by atoms with Gasteiger partial charge >= 0.3 is 5.76 Å². The molecule has 1 fully saturated rings. The second-order valence-electron chi connectivity index (χ2n) is 7.43. The van der Waals surface area contributed by atoms with Crippen molar-refractivity contribution in [2.45, 2.75) is 17.7 Å². The Hall–Kier alpha value is -3.31. The molecule has 1 amide bonds. The van der Waals surface area contributed by atoms with Crippen molar-refractivity contribution >= 4 is 32.7 Å². The highest BCUT2D eigenvalue weighted by atomic mass is 32.2. The lowest BCUT2D eigenvalue weighted by Crippen LogP contribution is -2.43. The molecule has 1 atom stereocenters. The number of H-pyrrole nitrogens is 1. The van der Waals surface area contributed by atoms with E-state index in [2.05, 4.69) is 10.3 Å². The molecular weight excluding hydrogens is 438 g/mol. The number of piperidine rings is 1. The van der Waals surface area contributed by atoms with Gasteiger partial charge in [0, 0.05) is 30.9 Å². The number of amides is 1. The molecule has 0 unspecified atom stereocenters. The van der Waals surface area contributed by atoms with Gasteiger partial charge in [-0.2, -0.15) is 4.31 Å². The van der Waals surface area contributed by atoms with E-state index < -0.39 is 21.7 Å². The van der Waals surface area contributed by atoms with Crippen LogP contribution in [0.25, 0.3) is 11.1 Å². The summed E-state index contributed by atoms with van der Waals surface area (Å²) in [5.41, 5.74) is 1.11. The molecule has 2 N–H and O–H groups in total. The van der Waals surface area contributed by atoms with E-state index in [4.69, 9.17) is 13.9 Å². The van der Waals surface area contributed by atoms with Crippen molar-refractivity contribution in [1.29, 1.82) is 0 Å². The van der Waals surface area contributed by atoms with Crippen LogP contribution in [0, 0.1) is 5.92 Å². The van der Waals surface area contributed by atoms with Gasteiger partial charge in [0.25, 0.3) is 0 Å². The number of methoxy groups -OCH3 is 2. The number of sulfonamides is 1. The van der Waals surface area contributed by atoms with Crippen LogP contribution in [-0.4, -0.2) is 50.9 Å².